The zero-order valence-electron chi connectivity index (χ0n) is 26.7. The number of aryl methyl sites for hydroxylation is 2. The molecule has 5 nitrogen and oxygen atoms in total. The quantitative estimate of drug-likeness (QED) is 0.218. The Morgan fingerprint density at radius 3 is 2.21 bits per heavy atom. The van der Waals surface area contributed by atoms with E-state index in [1.165, 1.54) is 28.8 Å². The number of fused-ring (bicyclic) bond motifs is 1. The summed E-state index contributed by atoms with van der Waals surface area (Å²) < 4.78 is 19.4. The molecule has 1 unspecified atom stereocenters. The van der Waals surface area contributed by atoms with E-state index >= 15 is 0 Å². The van der Waals surface area contributed by atoms with Crippen molar-refractivity contribution in [3.05, 3.63) is 119 Å². The molecule has 2 aliphatic rings. The minimum absolute atomic E-state index is 0.171. The molecule has 0 saturated carbocycles. The van der Waals surface area contributed by atoms with Crippen molar-refractivity contribution in [2.24, 2.45) is 0 Å². The van der Waals surface area contributed by atoms with Gasteiger partial charge < -0.3 is 15.4 Å². The Hall–Kier alpha value is -3.57. The molecule has 230 valence electrons. The molecule has 0 bridgehead atoms. The number of carbonyl (C=O) groups is 1. The summed E-state index contributed by atoms with van der Waals surface area (Å²) in [5.41, 5.74) is 9.38. The summed E-state index contributed by atoms with van der Waals surface area (Å²) in [5, 5.41) is 5.62. The van der Waals surface area contributed by atoms with E-state index in [1.54, 1.807) is 12.1 Å². The number of hydrogen-bond acceptors (Lipinski definition) is 2. The lowest BCUT2D eigenvalue weighted by molar-refractivity contribution is 0.0714. The van der Waals surface area contributed by atoms with Crippen molar-refractivity contribution in [1.82, 2.24) is 10.2 Å². The number of ether oxygens (including phenoxy) is 1. The van der Waals surface area contributed by atoms with Crippen LogP contribution in [0.15, 0.2) is 85.0 Å². The molecule has 0 radical (unpaired) electrons. The lowest BCUT2D eigenvalue weighted by Crippen LogP contribution is -2.36. The Morgan fingerprint density at radius 2 is 1.63 bits per heavy atom. The third-order valence-corrected chi connectivity index (χ3v) is 7.27. The number of allylic oxidation sites excluding steroid dienone is 1. The molecule has 0 spiro atoms. The largest absolute Gasteiger partial charge is 0.352 e. The second-order valence-corrected chi connectivity index (χ2v) is 10.3. The van der Waals surface area contributed by atoms with Crippen LogP contribution in [0.3, 0.4) is 0 Å². The van der Waals surface area contributed by atoms with E-state index in [-0.39, 0.29) is 18.1 Å². The number of amides is 2. The van der Waals surface area contributed by atoms with Crippen LogP contribution in [0.5, 0.6) is 0 Å². The molecule has 0 aromatic heterocycles. The molecule has 3 aromatic rings. The standard InChI is InChI=1S/C24H25FN3O2P.C8H10.2C2H6/c1-3-20(15(2)17-5-7-19(25)8-6-17)23-28(22(31)14-30-23)11-10-16-4-9-21-18(12-16)13-26-24(29)27-21;1-7-3-5-8(2)6-4-7;2*1-2/h3-9,12,23,31H,2,10-11,13-14H2,1H3,(H2,26,27,29);3-6H,1-2H3;2*1-2H3/b20-3+;;;. The van der Waals surface area contributed by atoms with Gasteiger partial charge in [0.25, 0.3) is 0 Å². The molecule has 1 saturated heterocycles. The predicted molar refractivity (Wildman–Crippen MR) is 184 cm³/mol. The lowest BCUT2D eigenvalue weighted by atomic mass is 9.97. The van der Waals surface area contributed by atoms with Crippen molar-refractivity contribution in [2.45, 2.75) is 67.7 Å². The molecule has 3 aromatic carbocycles. The summed E-state index contributed by atoms with van der Waals surface area (Å²) in [5.74, 6) is -0.270. The molecule has 1 atom stereocenters. The number of carbonyl (C=O) groups excluding carboxylic acids is 1. The molecule has 1 fully saturated rings. The van der Waals surface area contributed by atoms with Crippen LogP contribution in [0.25, 0.3) is 5.57 Å². The Balaban J connectivity index is 0.000000456. The van der Waals surface area contributed by atoms with Crippen molar-refractivity contribution in [3.8, 4) is 0 Å². The zero-order valence-corrected chi connectivity index (χ0v) is 27.7. The number of nitrogens with zero attached hydrogens (tertiary/aromatic N) is 1. The first-order chi connectivity index (χ1) is 20.7. The van der Waals surface area contributed by atoms with Crippen LogP contribution in [0, 0.1) is 19.7 Å². The molecule has 2 heterocycles. The summed E-state index contributed by atoms with van der Waals surface area (Å²) in [7, 11) is 3.71. The van der Waals surface area contributed by atoms with Gasteiger partial charge in [-0.1, -0.05) is 100 Å². The maximum atomic E-state index is 13.3. The monoisotopic (exact) mass is 603 g/mol. The maximum Gasteiger partial charge on any atom is 0.319 e. The van der Waals surface area contributed by atoms with Crippen molar-refractivity contribution in [1.29, 1.82) is 0 Å². The summed E-state index contributed by atoms with van der Waals surface area (Å²) in [6.45, 7) is 20.1. The van der Waals surface area contributed by atoms with E-state index in [2.05, 4.69) is 75.2 Å². The van der Waals surface area contributed by atoms with Gasteiger partial charge in [0.2, 0.25) is 0 Å². The maximum absolute atomic E-state index is 13.3. The highest BCUT2D eigenvalue weighted by Gasteiger charge is 2.32. The van der Waals surface area contributed by atoms with E-state index in [1.807, 2.05) is 52.8 Å². The topological polar surface area (TPSA) is 53.6 Å². The van der Waals surface area contributed by atoms with Gasteiger partial charge in [-0.2, -0.15) is 0 Å². The minimum atomic E-state index is -0.270. The fourth-order valence-electron chi connectivity index (χ4n) is 4.56. The highest BCUT2D eigenvalue weighted by atomic mass is 31.0. The number of urea groups is 1. The second-order valence-electron chi connectivity index (χ2n) is 9.74. The molecule has 0 aliphatic carbocycles. The normalized spacial score (nSPS) is 15.7. The molecule has 2 aliphatic heterocycles. The Morgan fingerprint density at radius 1 is 1.02 bits per heavy atom. The first kappa shape index (κ1) is 35.6. The zero-order chi connectivity index (χ0) is 31.9. The fraction of sp³-hybridized carbons (Fsp3) is 0.333. The number of halogens is 1. The lowest BCUT2D eigenvalue weighted by Gasteiger charge is -2.27. The van der Waals surface area contributed by atoms with Gasteiger partial charge >= 0.3 is 6.03 Å². The van der Waals surface area contributed by atoms with Gasteiger partial charge in [-0.15, -0.1) is 8.86 Å². The summed E-state index contributed by atoms with van der Waals surface area (Å²) in [6.07, 6.45) is 2.55. The first-order valence-corrected chi connectivity index (χ1v) is 15.5. The Bertz CT molecular complexity index is 1360. The van der Waals surface area contributed by atoms with Crippen LogP contribution < -0.4 is 10.6 Å². The van der Waals surface area contributed by atoms with E-state index in [0.29, 0.717) is 13.2 Å². The second kappa shape index (κ2) is 18.2. The molecular formula is C36H47FN3O2P. The minimum Gasteiger partial charge on any atom is -0.352 e. The SMILES string of the molecule is C=C(/C(=C\C)C1OCC(=P)N1CCc1ccc2c(c1)CNC(=O)N2)c1ccc(F)cc1.CC.CC.Cc1ccc(C)cc1. The van der Waals surface area contributed by atoms with Crippen LogP contribution in [-0.4, -0.2) is 35.7 Å². The van der Waals surface area contributed by atoms with E-state index < -0.39 is 0 Å². The van der Waals surface area contributed by atoms with E-state index in [0.717, 1.165) is 46.3 Å². The highest BCUT2D eigenvalue weighted by molar-refractivity contribution is 7.21. The van der Waals surface area contributed by atoms with E-state index in [4.69, 9.17) is 4.74 Å². The molecule has 2 N–H and O–H groups in total. The van der Waals surface area contributed by atoms with Gasteiger partial charge in [0.05, 0.1) is 6.61 Å². The summed E-state index contributed by atoms with van der Waals surface area (Å²) in [6, 6.07) is 20.8. The van der Waals surface area contributed by atoms with Crippen LogP contribution in [0.4, 0.5) is 14.9 Å². The number of nitrogens with one attached hydrogen (secondary N) is 2. The first-order valence-electron chi connectivity index (χ1n) is 15.0. The van der Waals surface area contributed by atoms with Gasteiger partial charge in [0, 0.05) is 24.2 Å². The molecule has 7 heteroatoms. The van der Waals surface area contributed by atoms with Gasteiger partial charge in [-0.05, 0) is 73.2 Å². The van der Waals surface area contributed by atoms with Gasteiger partial charge in [-0.3, -0.25) is 0 Å². The summed E-state index contributed by atoms with van der Waals surface area (Å²) >= 11 is 0. The van der Waals surface area contributed by atoms with Crippen LogP contribution in [0.1, 0.15) is 62.4 Å². The molecule has 43 heavy (non-hydrogen) atoms. The third kappa shape index (κ3) is 10.3. The smallest absolute Gasteiger partial charge is 0.319 e. The number of benzene rings is 3. The Labute approximate surface area is 260 Å². The van der Waals surface area contributed by atoms with Gasteiger partial charge in [0.15, 0.2) is 0 Å². The van der Waals surface area contributed by atoms with Gasteiger partial charge in [-0.25, -0.2) is 14.1 Å². The number of rotatable bonds is 6. The number of anilines is 1. The van der Waals surface area contributed by atoms with E-state index in [9.17, 15) is 9.18 Å². The molecular weight excluding hydrogens is 556 g/mol. The summed E-state index contributed by atoms with van der Waals surface area (Å²) in [4.78, 5) is 13.6. The molecule has 5 rings (SSSR count). The average Bonchev–Trinajstić information content (AvgIpc) is 3.40. The van der Waals surface area contributed by atoms with Crippen LogP contribution >= 0.6 is 8.86 Å². The molecule has 2 amide bonds. The number of hydrogen-bond donors (Lipinski definition) is 2. The van der Waals surface area contributed by atoms with Crippen molar-refractivity contribution < 1.29 is 13.9 Å². The average molecular weight is 604 g/mol. The van der Waals surface area contributed by atoms with Crippen molar-refractivity contribution in [3.63, 3.8) is 0 Å². The predicted octanol–water partition coefficient (Wildman–Crippen LogP) is 8.95. The van der Waals surface area contributed by atoms with Crippen molar-refractivity contribution in [2.75, 3.05) is 18.5 Å². The van der Waals surface area contributed by atoms with Crippen molar-refractivity contribution >= 4 is 31.6 Å². The van der Waals surface area contributed by atoms with Crippen LogP contribution in [0.2, 0.25) is 0 Å². The third-order valence-electron chi connectivity index (χ3n) is 6.84. The highest BCUT2D eigenvalue weighted by Crippen LogP contribution is 2.31. The Kier molecular flexibility index (Phi) is 15.1. The van der Waals surface area contributed by atoms with Crippen LogP contribution in [-0.2, 0) is 17.7 Å². The fourth-order valence-corrected chi connectivity index (χ4v) is 4.88. The van der Waals surface area contributed by atoms with Gasteiger partial charge in [0.1, 0.15) is 12.0 Å².